The molecule has 7 N–H and O–H groups in total. The maximum Gasteiger partial charge on any atom is 0.279 e. The summed E-state index contributed by atoms with van der Waals surface area (Å²) in [7, 11) is -3.97. The molecule has 3 rings (SSSR count). The van der Waals surface area contributed by atoms with Crippen LogP contribution in [0.4, 0.5) is 5.69 Å². The van der Waals surface area contributed by atoms with Crippen LogP contribution in [0.2, 0.25) is 0 Å². The Balaban J connectivity index is 2.12. The molecule has 1 aliphatic carbocycles. The SMILES string of the molecule is C=C1C(CC(=O)NO)=C(n2ccc(S(=O)(=O)NC3CCC3)c(N)c2=O)C(N)=NC1C. The number of dihydropyridines is 1. The molecule has 1 aromatic heterocycles. The molecule has 1 saturated carbocycles. The molecule has 12 heteroatoms. The summed E-state index contributed by atoms with van der Waals surface area (Å²) >= 11 is 0. The minimum atomic E-state index is -3.97. The molecular weight excluding hydrogens is 412 g/mol. The molecule has 0 radical (unpaired) electrons. The Labute approximate surface area is 173 Å². The molecule has 0 spiro atoms. The number of amidine groups is 1. The van der Waals surface area contributed by atoms with Gasteiger partial charge in [-0.05, 0) is 37.0 Å². The smallest absolute Gasteiger partial charge is 0.279 e. The number of aromatic nitrogens is 1. The van der Waals surface area contributed by atoms with Crippen LogP contribution in [0.1, 0.15) is 32.6 Å². The number of pyridine rings is 1. The van der Waals surface area contributed by atoms with E-state index >= 15 is 0 Å². The third-order valence-electron chi connectivity index (χ3n) is 5.26. The fourth-order valence-electron chi connectivity index (χ4n) is 3.33. The molecule has 0 saturated heterocycles. The number of anilines is 1. The first-order chi connectivity index (χ1) is 14.1. The fourth-order valence-corrected chi connectivity index (χ4v) is 4.75. The first kappa shape index (κ1) is 21.7. The highest BCUT2D eigenvalue weighted by molar-refractivity contribution is 7.89. The van der Waals surface area contributed by atoms with Crippen molar-refractivity contribution >= 4 is 33.2 Å². The standard InChI is InChI=1S/C18H24N6O5S/c1-9-10(2)21-17(20)16(12(9)8-14(25)22-27)24-7-6-13(15(19)18(24)26)30(28,29)23-11-4-3-5-11/h6-7,10-11,23,27H,1,3-5,8,19H2,2H3,(H2,20,21)(H,22,25). The summed E-state index contributed by atoms with van der Waals surface area (Å²) in [5, 5.41) is 8.89. The Bertz CT molecular complexity index is 1130. The fraction of sp³-hybridized carbons (Fsp3) is 0.389. The van der Waals surface area contributed by atoms with Gasteiger partial charge in [-0.25, -0.2) is 18.6 Å². The Hall–Kier alpha value is -2.96. The van der Waals surface area contributed by atoms with Crippen molar-refractivity contribution < 1.29 is 18.4 Å². The van der Waals surface area contributed by atoms with Gasteiger partial charge in [-0.1, -0.05) is 13.0 Å². The Morgan fingerprint density at radius 1 is 1.40 bits per heavy atom. The van der Waals surface area contributed by atoms with Crippen molar-refractivity contribution in [2.45, 2.75) is 49.6 Å². The van der Waals surface area contributed by atoms with E-state index in [2.05, 4.69) is 16.3 Å². The molecule has 2 heterocycles. The number of carbonyl (C=O) groups excluding carboxylic acids is 1. The zero-order valence-corrected chi connectivity index (χ0v) is 17.2. The molecule has 1 amide bonds. The lowest BCUT2D eigenvalue weighted by Gasteiger charge is -2.27. The minimum absolute atomic E-state index is 0.0414. The maximum atomic E-state index is 13.0. The number of nitrogen functional groups attached to an aromatic ring is 1. The first-order valence-electron chi connectivity index (χ1n) is 9.29. The number of sulfonamides is 1. The number of rotatable bonds is 6. The average molecular weight is 436 g/mol. The number of hydrogen-bond acceptors (Lipinski definition) is 8. The molecule has 2 aliphatic rings. The van der Waals surface area contributed by atoms with E-state index in [-0.39, 0.29) is 34.5 Å². The lowest BCUT2D eigenvalue weighted by Crippen LogP contribution is -2.40. The summed E-state index contributed by atoms with van der Waals surface area (Å²) in [6, 6.07) is 0.575. The second-order valence-electron chi connectivity index (χ2n) is 7.27. The van der Waals surface area contributed by atoms with Crippen molar-refractivity contribution in [1.29, 1.82) is 0 Å². The van der Waals surface area contributed by atoms with E-state index in [1.165, 1.54) is 17.7 Å². The van der Waals surface area contributed by atoms with Gasteiger partial charge in [0.2, 0.25) is 15.9 Å². The third-order valence-corrected chi connectivity index (χ3v) is 6.84. The highest BCUT2D eigenvalue weighted by atomic mass is 32.2. The van der Waals surface area contributed by atoms with Gasteiger partial charge in [0.1, 0.15) is 16.4 Å². The van der Waals surface area contributed by atoms with Gasteiger partial charge in [0.25, 0.3) is 5.56 Å². The predicted octanol–water partition coefficient (Wildman–Crippen LogP) is -0.317. The van der Waals surface area contributed by atoms with E-state index in [1.807, 2.05) is 0 Å². The molecule has 1 unspecified atom stereocenters. The number of nitrogens with two attached hydrogens (primary N) is 2. The summed E-state index contributed by atoms with van der Waals surface area (Å²) in [5.41, 5.74) is 12.9. The van der Waals surface area contributed by atoms with Crippen molar-refractivity contribution in [2.75, 3.05) is 5.73 Å². The van der Waals surface area contributed by atoms with E-state index in [4.69, 9.17) is 16.7 Å². The van der Waals surface area contributed by atoms with Gasteiger partial charge >= 0.3 is 0 Å². The zero-order valence-electron chi connectivity index (χ0n) is 16.4. The molecular formula is C18H24N6O5S. The van der Waals surface area contributed by atoms with Crippen molar-refractivity contribution in [3.63, 3.8) is 0 Å². The quantitative estimate of drug-likeness (QED) is 0.299. The molecule has 0 bridgehead atoms. The van der Waals surface area contributed by atoms with Gasteiger partial charge in [0, 0.05) is 12.2 Å². The summed E-state index contributed by atoms with van der Waals surface area (Å²) in [6.07, 6.45) is 3.29. The number of nitrogens with zero attached hydrogens (tertiary/aromatic N) is 2. The largest absolute Gasteiger partial charge is 0.393 e. The Kier molecular flexibility index (Phi) is 5.83. The summed E-state index contributed by atoms with van der Waals surface area (Å²) < 4.78 is 28.8. The summed E-state index contributed by atoms with van der Waals surface area (Å²) in [6.45, 7) is 5.61. The molecule has 11 nitrogen and oxygen atoms in total. The van der Waals surface area contributed by atoms with E-state index < -0.39 is 33.2 Å². The van der Waals surface area contributed by atoms with Crippen LogP contribution in [-0.4, -0.2) is 42.0 Å². The number of hydroxylamine groups is 1. The predicted molar refractivity (Wildman–Crippen MR) is 111 cm³/mol. The minimum Gasteiger partial charge on any atom is -0.393 e. The molecule has 1 aliphatic heterocycles. The molecule has 30 heavy (non-hydrogen) atoms. The van der Waals surface area contributed by atoms with E-state index in [0.717, 1.165) is 23.8 Å². The summed E-state index contributed by atoms with van der Waals surface area (Å²) in [4.78, 5) is 28.6. The van der Waals surface area contributed by atoms with Crippen LogP contribution in [-0.2, 0) is 14.8 Å². The molecule has 1 atom stereocenters. The average Bonchev–Trinajstić information content (AvgIpc) is 2.65. The molecule has 162 valence electrons. The molecule has 1 aromatic rings. The number of aliphatic imine (C=N–C) groups is 1. The summed E-state index contributed by atoms with van der Waals surface area (Å²) in [5.74, 6) is -0.782. The second kappa shape index (κ2) is 8.05. The van der Waals surface area contributed by atoms with Crippen LogP contribution in [0, 0.1) is 0 Å². The lowest BCUT2D eigenvalue weighted by atomic mass is 9.93. The van der Waals surface area contributed by atoms with Crippen LogP contribution in [0.5, 0.6) is 0 Å². The Morgan fingerprint density at radius 2 is 2.07 bits per heavy atom. The number of hydrogen-bond donors (Lipinski definition) is 5. The van der Waals surface area contributed by atoms with Crippen molar-refractivity contribution in [3.8, 4) is 0 Å². The normalized spacial score (nSPS) is 20.0. The number of carbonyl (C=O) groups is 1. The van der Waals surface area contributed by atoms with Crippen LogP contribution in [0.3, 0.4) is 0 Å². The van der Waals surface area contributed by atoms with Crippen LogP contribution >= 0.6 is 0 Å². The van der Waals surface area contributed by atoms with Crippen LogP contribution < -0.4 is 27.2 Å². The maximum absolute atomic E-state index is 13.0. The second-order valence-corrected chi connectivity index (χ2v) is 8.95. The number of nitrogens with one attached hydrogen (secondary N) is 2. The van der Waals surface area contributed by atoms with Gasteiger partial charge < -0.3 is 11.5 Å². The van der Waals surface area contributed by atoms with Crippen molar-refractivity contribution in [1.82, 2.24) is 14.8 Å². The molecule has 1 fully saturated rings. The van der Waals surface area contributed by atoms with E-state index in [1.54, 1.807) is 6.92 Å². The van der Waals surface area contributed by atoms with Crippen molar-refractivity contribution in [2.24, 2.45) is 10.7 Å². The first-order valence-corrected chi connectivity index (χ1v) is 10.8. The molecule has 0 aromatic carbocycles. The van der Waals surface area contributed by atoms with Crippen LogP contribution in [0.25, 0.3) is 5.70 Å². The van der Waals surface area contributed by atoms with Gasteiger partial charge in [-0.3, -0.25) is 24.4 Å². The zero-order chi connectivity index (χ0) is 22.2. The van der Waals surface area contributed by atoms with Crippen LogP contribution in [0.15, 0.2) is 44.7 Å². The van der Waals surface area contributed by atoms with E-state index in [0.29, 0.717) is 5.57 Å². The van der Waals surface area contributed by atoms with Gasteiger partial charge in [-0.15, -0.1) is 0 Å². The highest BCUT2D eigenvalue weighted by Gasteiger charge is 2.30. The highest BCUT2D eigenvalue weighted by Crippen LogP contribution is 2.30. The third kappa shape index (κ3) is 3.88. The number of amides is 1. The van der Waals surface area contributed by atoms with Gasteiger partial charge in [-0.2, -0.15) is 0 Å². The monoisotopic (exact) mass is 436 g/mol. The topological polar surface area (TPSA) is 182 Å². The van der Waals surface area contributed by atoms with Gasteiger partial charge in [0.15, 0.2) is 0 Å². The Morgan fingerprint density at radius 3 is 2.63 bits per heavy atom. The van der Waals surface area contributed by atoms with E-state index in [9.17, 15) is 18.0 Å². The van der Waals surface area contributed by atoms with Gasteiger partial charge in [0.05, 0.1) is 18.2 Å². The lowest BCUT2D eigenvalue weighted by molar-refractivity contribution is -0.128. The van der Waals surface area contributed by atoms with Crippen molar-refractivity contribution in [3.05, 3.63) is 40.3 Å².